The number of pyridine rings is 1. The molecule has 1 amide bonds. The number of carbonyl (C=O) groups is 1. The lowest BCUT2D eigenvalue weighted by Gasteiger charge is -2.25. The number of fused-ring (bicyclic) bond motifs is 1. The van der Waals surface area contributed by atoms with E-state index in [0.717, 1.165) is 5.56 Å². The van der Waals surface area contributed by atoms with Crippen LogP contribution >= 0.6 is 0 Å². The van der Waals surface area contributed by atoms with Crippen molar-refractivity contribution in [1.29, 1.82) is 0 Å². The lowest BCUT2D eigenvalue weighted by Crippen LogP contribution is -2.43. The van der Waals surface area contributed by atoms with Crippen molar-refractivity contribution in [3.63, 3.8) is 0 Å². The number of nitrogens with zero attached hydrogens (tertiary/aromatic N) is 1. The Morgan fingerprint density at radius 3 is 2.75 bits per heavy atom. The molecule has 0 saturated carbocycles. The fraction of sp³-hybridized carbons (Fsp3) is 0.200. The zero-order valence-corrected chi connectivity index (χ0v) is 10.8. The van der Waals surface area contributed by atoms with E-state index in [1.54, 1.807) is 18.5 Å². The first-order valence-corrected chi connectivity index (χ1v) is 6.38. The van der Waals surface area contributed by atoms with Gasteiger partial charge in [0.2, 0.25) is 6.10 Å². The van der Waals surface area contributed by atoms with Crippen molar-refractivity contribution in [1.82, 2.24) is 10.3 Å². The fourth-order valence-electron chi connectivity index (χ4n) is 1.95. The summed E-state index contributed by atoms with van der Waals surface area (Å²) in [5.74, 6) is 1.09. The molecule has 20 heavy (non-hydrogen) atoms. The molecule has 2 aromatic rings. The number of nitrogens with one attached hydrogen (secondary N) is 1. The van der Waals surface area contributed by atoms with Gasteiger partial charge >= 0.3 is 0 Å². The molecule has 1 N–H and O–H groups in total. The van der Waals surface area contributed by atoms with E-state index in [1.807, 2.05) is 30.3 Å². The van der Waals surface area contributed by atoms with Crippen molar-refractivity contribution in [2.45, 2.75) is 12.6 Å². The highest BCUT2D eigenvalue weighted by Crippen LogP contribution is 2.30. The summed E-state index contributed by atoms with van der Waals surface area (Å²) >= 11 is 0. The van der Waals surface area contributed by atoms with Crippen molar-refractivity contribution in [2.24, 2.45) is 0 Å². The van der Waals surface area contributed by atoms with Crippen molar-refractivity contribution < 1.29 is 14.3 Å². The number of para-hydroxylation sites is 2. The van der Waals surface area contributed by atoms with Gasteiger partial charge in [0.1, 0.15) is 6.61 Å². The Hall–Kier alpha value is -2.56. The van der Waals surface area contributed by atoms with Crippen LogP contribution in [0.4, 0.5) is 0 Å². The van der Waals surface area contributed by atoms with E-state index in [2.05, 4.69) is 10.3 Å². The van der Waals surface area contributed by atoms with Crippen LogP contribution in [-0.2, 0) is 11.3 Å². The molecule has 102 valence electrons. The van der Waals surface area contributed by atoms with Gasteiger partial charge in [-0.15, -0.1) is 0 Å². The Labute approximate surface area is 116 Å². The van der Waals surface area contributed by atoms with Crippen LogP contribution in [0.5, 0.6) is 11.5 Å². The summed E-state index contributed by atoms with van der Waals surface area (Å²) in [6.07, 6.45) is 2.77. The Bertz CT molecular complexity index is 601. The lowest BCUT2D eigenvalue weighted by atomic mass is 10.2. The quantitative estimate of drug-likeness (QED) is 0.919. The maximum absolute atomic E-state index is 12.0. The molecule has 1 aromatic carbocycles. The average molecular weight is 270 g/mol. The normalized spacial score (nSPS) is 16.5. The molecule has 1 unspecified atom stereocenters. The number of ether oxygens (including phenoxy) is 2. The summed E-state index contributed by atoms with van der Waals surface area (Å²) in [5.41, 5.74) is 0.991. The third-order valence-electron chi connectivity index (χ3n) is 3.02. The van der Waals surface area contributed by atoms with E-state index in [4.69, 9.17) is 9.47 Å². The molecule has 1 atom stereocenters. The predicted octanol–water partition coefficient (Wildman–Crippen LogP) is 1.54. The highest BCUT2D eigenvalue weighted by molar-refractivity contribution is 5.81. The van der Waals surface area contributed by atoms with Crippen LogP contribution in [0.15, 0.2) is 48.8 Å². The van der Waals surface area contributed by atoms with Gasteiger partial charge in [-0.1, -0.05) is 12.1 Å². The molecule has 0 spiro atoms. The van der Waals surface area contributed by atoms with Gasteiger partial charge in [-0.25, -0.2) is 0 Å². The van der Waals surface area contributed by atoms with E-state index in [0.29, 0.717) is 18.0 Å². The topological polar surface area (TPSA) is 60.5 Å². The molecular formula is C15H14N2O3. The molecule has 1 aliphatic rings. The summed E-state index contributed by atoms with van der Waals surface area (Å²) in [4.78, 5) is 16.0. The van der Waals surface area contributed by atoms with Gasteiger partial charge in [-0.05, 0) is 29.8 Å². The Kier molecular flexibility index (Phi) is 3.50. The van der Waals surface area contributed by atoms with Crippen LogP contribution in [-0.4, -0.2) is 23.6 Å². The molecule has 1 aromatic heterocycles. The monoisotopic (exact) mass is 270 g/mol. The number of aromatic nitrogens is 1. The van der Waals surface area contributed by atoms with Crippen LogP contribution in [0.25, 0.3) is 0 Å². The Morgan fingerprint density at radius 2 is 1.95 bits per heavy atom. The molecule has 1 aliphatic heterocycles. The van der Waals surface area contributed by atoms with E-state index in [-0.39, 0.29) is 12.5 Å². The minimum absolute atomic E-state index is 0.184. The maximum Gasteiger partial charge on any atom is 0.264 e. The van der Waals surface area contributed by atoms with Gasteiger partial charge in [-0.3, -0.25) is 9.78 Å². The molecule has 0 bridgehead atoms. The van der Waals surface area contributed by atoms with Crippen LogP contribution in [0.3, 0.4) is 0 Å². The van der Waals surface area contributed by atoms with Crippen molar-refractivity contribution in [3.8, 4) is 11.5 Å². The largest absolute Gasteiger partial charge is 0.485 e. The second-order valence-electron chi connectivity index (χ2n) is 4.44. The smallest absolute Gasteiger partial charge is 0.264 e. The van der Waals surface area contributed by atoms with Gasteiger partial charge in [0, 0.05) is 18.9 Å². The number of amides is 1. The van der Waals surface area contributed by atoms with E-state index in [9.17, 15) is 4.79 Å². The molecule has 5 nitrogen and oxygen atoms in total. The molecule has 0 fully saturated rings. The standard InChI is InChI=1S/C15H14N2O3/c18-15(17-9-11-5-7-16-8-6-11)14-10-19-12-3-1-2-4-13(12)20-14/h1-8,14H,9-10H2,(H,17,18). The number of hydrogen-bond acceptors (Lipinski definition) is 4. The summed E-state index contributed by atoms with van der Waals surface area (Å²) in [7, 11) is 0. The number of carbonyl (C=O) groups excluding carboxylic acids is 1. The highest BCUT2D eigenvalue weighted by Gasteiger charge is 2.26. The highest BCUT2D eigenvalue weighted by atomic mass is 16.6. The van der Waals surface area contributed by atoms with Crippen molar-refractivity contribution in [3.05, 3.63) is 54.4 Å². The van der Waals surface area contributed by atoms with Crippen LogP contribution in [0.1, 0.15) is 5.56 Å². The first-order chi connectivity index (χ1) is 9.83. The molecular weight excluding hydrogens is 256 g/mol. The predicted molar refractivity (Wildman–Crippen MR) is 72.4 cm³/mol. The minimum Gasteiger partial charge on any atom is -0.485 e. The first kappa shape index (κ1) is 12.5. The van der Waals surface area contributed by atoms with E-state index in [1.165, 1.54) is 0 Å². The maximum atomic E-state index is 12.0. The zero-order valence-electron chi connectivity index (χ0n) is 10.8. The summed E-state index contributed by atoms with van der Waals surface area (Å²) in [6, 6.07) is 11.0. The van der Waals surface area contributed by atoms with Gasteiger partial charge in [0.15, 0.2) is 11.5 Å². The molecule has 3 rings (SSSR count). The average Bonchev–Trinajstić information content (AvgIpc) is 2.53. The number of benzene rings is 1. The van der Waals surface area contributed by atoms with Gasteiger partial charge in [0.25, 0.3) is 5.91 Å². The van der Waals surface area contributed by atoms with Gasteiger partial charge in [-0.2, -0.15) is 0 Å². The van der Waals surface area contributed by atoms with Crippen LogP contribution in [0, 0.1) is 0 Å². The summed E-state index contributed by atoms with van der Waals surface area (Å²) in [5, 5.41) is 2.83. The third-order valence-corrected chi connectivity index (χ3v) is 3.02. The molecule has 0 saturated heterocycles. The van der Waals surface area contributed by atoms with Crippen molar-refractivity contribution >= 4 is 5.91 Å². The number of hydrogen-bond donors (Lipinski definition) is 1. The fourth-order valence-corrected chi connectivity index (χ4v) is 1.95. The number of rotatable bonds is 3. The third kappa shape index (κ3) is 2.71. The zero-order chi connectivity index (χ0) is 13.8. The van der Waals surface area contributed by atoms with Crippen molar-refractivity contribution in [2.75, 3.05) is 6.61 Å². The second kappa shape index (κ2) is 5.61. The molecule has 0 aliphatic carbocycles. The summed E-state index contributed by atoms with van der Waals surface area (Å²) < 4.78 is 11.1. The molecule has 0 radical (unpaired) electrons. The Balaban J connectivity index is 1.59. The second-order valence-corrected chi connectivity index (χ2v) is 4.44. The lowest BCUT2D eigenvalue weighted by molar-refractivity contribution is -0.130. The van der Waals surface area contributed by atoms with Gasteiger partial charge in [0.05, 0.1) is 0 Å². The SMILES string of the molecule is O=C(NCc1ccncc1)C1COc2ccccc2O1. The first-order valence-electron chi connectivity index (χ1n) is 6.38. The van der Waals surface area contributed by atoms with E-state index < -0.39 is 6.10 Å². The molecule has 2 heterocycles. The van der Waals surface area contributed by atoms with Crippen LogP contribution in [0.2, 0.25) is 0 Å². The molecule has 5 heteroatoms. The minimum atomic E-state index is -0.619. The van der Waals surface area contributed by atoms with E-state index >= 15 is 0 Å². The Morgan fingerprint density at radius 1 is 1.20 bits per heavy atom. The van der Waals surface area contributed by atoms with Gasteiger partial charge < -0.3 is 14.8 Å². The van der Waals surface area contributed by atoms with Crippen LogP contribution < -0.4 is 14.8 Å². The summed E-state index contributed by atoms with van der Waals surface area (Å²) in [6.45, 7) is 0.669.